The van der Waals surface area contributed by atoms with Crippen LogP contribution in [-0.2, 0) is 9.47 Å². The monoisotopic (exact) mass is 399 g/mol. The van der Waals surface area contributed by atoms with Crippen LogP contribution in [0, 0.1) is 17.8 Å². The summed E-state index contributed by atoms with van der Waals surface area (Å²) >= 11 is 0. The van der Waals surface area contributed by atoms with E-state index in [0.29, 0.717) is 48.9 Å². The van der Waals surface area contributed by atoms with Crippen molar-refractivity contribution in [2.45, 2.75) is 25.4 Å². The SMILES string of the molecule is O=C(NCC[C@@H]1[C@H]2CN(C(=O)OC3CCOCC3)C[C@@H]12)c1cnc2nccn2c1. The van der Waals surface area contributed by atoms with Gasteiger partial charge in [0.1, 0.15) is 6.10 Å². The fourth-order valence-corrected chi connectivity index (χ4v) is 4.63. The Bertz CT molecular complexity index is 897. The highest BCUT2D eigenvalue weighted by Gasteiger charge is 2.56. The first kappa shape index (κ1) is 18.4. The summed E-state index contributed by atoms with van der Waals surface area (Å²) in [5, 5.41) is 2.97. The molecule has 3 atom stereocenters. The first-order valence-electron chi connectivity index (χ1n) is 10.3. The number of ether oxygens (including phenoxy) is 2. The van der Waals surface area contributed by atoms with Gasteiger partial charge in [-0.1, -0.05) is 0 Å². The summed E-state index contributed by atoms with van der Waals surface area (Å²) < 4.78 is 12.6. The Labute approximate surface area is 168 Å². The zero-order chi connectivity index (χ0) is 19.8. The maximum Gasteiger partial charge on any atom is 0.410 e. The fraction of sp³-hybridized carbons (Fsp3) is 0.600. The van der Waals surface area contributed by atoms with Gasteiger partial charge in [0.05, 0.1) is 18.8 Å². The second-order valence-electron chi connectivity index (χ2n) is 8.11. The lowest BCUT2D eigenvalue weighted by atomic mass is 10.1. The summed E-state index contributed by atoms with van der Waals surface area (Å²) in [6, 6.07) is 0. The Balaban J connectivity index is 1.03. The Morgan fingerprint density at radius 1 is 1.21 bits per heavy atom. The van der Waals surface area contributed by atoms with Crippen molar-refractivity contribution in [2.75, 3.05) is 32.8 Å². The molecule has 3 fully saturated rings. The van der Waals surface area contributed by atoms with Gasteiger partial charge in [0, 0.05) is 57.3 Å². The number of carbonyl (C=O) groups is 2. The quantitative estimate of drug-likeness (QED) is 0.815. The number of imidazole rings is 1. The van der Waals surface area contributed by atoms with E-state index in [2.05, 4.69) is 15.3 Å². The van der Waals surface area contributed by atoms with Gasteiger partial charge in [0.2, 0.25) is 5.78 Å². The molecular formula is C20H25N5O4. The zero-order valence-corrected chi connectivity index (χ0v) is 16.2. The molecule has 29 heavy (non-hydrogen) atoms. The number of nitrogens with zero attached hydrogens (tertiary/aromatic N) is 4. The van der Waals surface area contributed by atoms with Crippen molar-refractivity contribution < 1.29 is 19.1 Å². The van der Waals surface area contributed by atoms with E-state index in [9.17, 15) is 9.59 Å². The Morgan fingerprint density at radius 2 is 2.00 bits per heavy atom. The van der Waals surface area contributed by atoms with Gasteiger partial charge >= 0.3 is 6.09 Å². The van der Waals surface area contributed by atoms with Crippen molar-refractivity contribution in [3.8, 4) is 0 Å². The molecule has 9 heteroatoms. The molecule has 2 aromatic heterocycles. The van der Waals surface area contributed by atoms with Crippen LogP contribution in [0.3, 0.4) is 0 Å². The minimum atomic E-state index is -0.182. The standard InChI is InChI=1S/C20H25N5O4/c26-18(13-9-23-19-22-5-6-24(19)10-13)21-4-1-15-16-11-25(12-17(15)16)20(27)29-14-2-7-28-8-3-14/h5-6,9-10,14-17H,1-4,7-8,11-12H2,(H,21,26)/t15-,16-,17+. The maximum absolute atomic E-state index is 12.3. The highest BCUT2D eigenvalue weighted by atomic mass is 16.6. The van der Waals surface area contributed by atoms with E-state index in [0.717, 1.165) is 32.4 Å². The van der Waals surface area contributed by atoms with Crippen molar-refractivity contribution in [2.24, 2.45) is 17.8 Å². The van der Waals surface area contributed by atoms with Crippen molar-refractivity contribution in [1.29, 1.82) is 0 Å². The molecular weight excluding hydrogens is 374 g/mol. The zero-order valence-electron chi connectivity index (χ0n) is 16.2. The van der Waals surface area contributed by atoms with Gasteiger partial charge in [-0.25, -0.2) is 14.8 Å². The molecule has 1 N–H and O–H groups in total. The third kappa shape index (κ3) is 3.78. The van der Waals surface area contributed by atoms with Crippen LogP contribution in [0.5, 0.6) is 0 Å². The Morgan fingerprint density at radius 3 is 2.79 bits per heavy atom. The van der Waals surface area contributed by atoms with Crippen LogP contribution in [0.15, 0.2) is 24.8 Å². The number of nitrogens with one attached hydrogen (secondary N) is 1. The molecule has 3 aliphatic rings. The summed E-state index contributed by atoms with van der Waals surface area (Å²) in [4.78, 5) is 34.7. The second-order valence-corrected chi connectivity index (χ2v) is 8.11. The molecule has 0 radical (unpaired) electrons. The molecule has 2 saturated heterocycles. The van der Waals surface area contributed by atoms with Crippen molar-refractivity contribution in [3.63, 3.8) is 0 Å². The topological polar surface area (TPSA) is 98.1 Å². The average Bonchev–Trinajstić information content (AvgIpc) is 3.11. The van der Waals surface area contributed by atoms with E-state index in [-0.39, 0.29) is 18.1 Å². The number of carbonyl (C=O) groups excluding carboxylic acids is 2. The van der Waals surface area contributed by atoms with Crippen LogP contribution in [0.2, 0.25) is 0 Å². The molecule has 0 aromatic carbocycles. The normalized spacial score (nSPS) is 26.3. The third-order valence-corrected chi connectivity index (χ3v) is 6.34. The van der Waals surface area contributed by atoms with Crippen LogP contribution >= 0.6 is 0 Å². The molecule has 2 amide bonds. The summed E-state index contributed by atoms with van der Waals surface area (Å²) in [6.45, 7) is 3.51. The lowest BCUT2D eigenvalue weighted by Crippen LogP contribution is -2.36. The van der Waals surface area contributed by atoms with Crippen molar-refractivity contribution >= 4 is 17.8 Å². The number of likely N-dealkylation sites (tertiary alicyclic amines) is 1. The number of fused-ring (bicyclic) bond motifs is 2. The van der Waals surface area contributed by atoms with Crippen LogP contribution in [-0.4, -0.2) is 70.2 Å². The molecule has 9 nitrogen and oxygen atoms in total. The first-order valence-corrected chi connectivity index (χ1v) is 10.3. The largest absolute Gasteiger partial charge is 0.446 e. The molecule has 0 bridgehead atoms. The number of hydrogen-bond acceptors (Lipinski definition) is 6. The van der Waals surface area contributed by atoms with Gasteiger partial charge in [0.25, 0.3) is 5.91 Å². The van der Waals surface area contributed by atoms with Crippen molar-refractivity contribution in [1.82, 2.24) is 24.6 Å². The summed E-state index contributed by atoms with van der Waals surface area (Å²) in [5.74, 6) is 2.11. The smallest absolute Gasteiger partial charge is 0.410 e. The number of aromatic nitrogens is 3. The molecule has 1 aliphatic carbocycles. The highest BCUT2D eigenvalue weighted by Crippen LogP contribution is 2.53. The number of hydrogen-bond donors (Lipinski definition) is 1. The summed E-state index contributed by atoms with van der Waals surface area (Å²) in [5.41, 5.74) is 0.522. The molecule has 2 aromatic rings. The van der Waals surface area contributed by atoms with Gasteiger partial charge in [-0.05, 0) is 24.2 Å². The predicted octanol–water partition coefficient (Wildman–Crippen LogP) is 1.34. The van der Waals surface area contributed by atoms with Crippen LogP contribution < -0.4 is 5.32 Å². The van der Waals surface area contributed by atoms with Gasteiger partial charge in [-0.15, -0.1) is 0 Å². The lowest BCUT2D eigenvalue weighted by molar-refractivity contribution is -0.00949. The average molecular weight is 399 g/mol. The Hall–Kier alpha value is -2.68. The van der Waals surface area contributed by atoms with E-state index >= 15 is 0 Å². The lowest BCUT2D eigenvalue weighted by Gasteiger charge is -2.26. The molecule has 0 spiro atoms. The van der Waals surface area contributed by atoms with Gasteiger partial charge < -0.3 is 19.7 Å². The highest BCUT2D eigenvalue weighted by molar-refractivity contribution is 5.93. The van der Waals surface area contributed by atoms with E-state index in [1.807, 2.05) is 4.90 Å². The number of piperidine rings is 1. The maximum atomic E-state index is 12.3. The minimum absolute atomic E-state index is 0.00443. The van der Waals surface area contributed by atoms with Gasteiger partial charge in [0.15, 0.2) is 0 Å². The van der Waals surface area contributed by atoms with Gasteiger partial charge in [-0.3, -0.25) is 9.20 Å². The van der Waals surface area contributed by atoms with Crippen LogP contribution in [0.4, 0.5) is 4.79 Å². The van der Waals surface area contributed by atoms with E-state index in [4.69, 9.17) is 9.47 Å². The third-order valence-electron chi connectivity index (χ3n) is 6.34. The van der Waals surface area contributed by atoms with Crippen LogP contribution in [0.25, 0.3) is 5.78 Å². The molecule has 5 rings (SSSR count). The predicted molar refractivity (Wildman–Crippen MR) is 102 cm³/mol. The minimum Gasteiger partial charge on any atom is -0.446 e. The van der Waals surface area contributed by atoms with Gasteiger partial charge in [-0.2, -0.15) is 0 Å². The number of amides is 2. The number of rotatable bonds is 5. The molecule has 1 saturated carbocycles. The molecule has 0 unspecified atom stereocenters. The summed E-state index contributed by atoms with van der Waals surface area (Å²) in [6.07, 6.45) is 9.03. The first-order chi connectivity index (χ1) is 14.2. The van der Waals surface area contributed by atoms with Crippen molar-refractivity contribution in [3.05, 3.63) is 30.4 Å². The summed E-state index contributed by atoms with van der Waals surface area (Å²) in [7, 11) is 0. The second kappa shape index (κ2) is 7.62. The van der Waals surface area contributed by atoms with Crippen LogP contribution in [0.1, 0.15) is 29.6 Å². The fourth-order valence-electron chi connectivity index (χ4n) is 4.63. The van der Waals surface area contributed by atoms with E-state index in [1.54, 1.807) is 29.2 Å². The molecule has 154 valence electrons. The Kier molecular flexibility index (Phi) is 4.83. The molecule has 2 aliphatic heterocycles. The molecule has 4 heterocycles. The van der Waals surface area contributed by atoms with E-state index < -0.39 is 0 Å². The van der Waals surface area contributed by atoms with E-state index in [1.165, 1.54) is 0 Å².